The third-order valence-electron chi connectivity index (χ3n) is 10.4. The predicted octanol–water partition coefficient (Wildman–Crippen LogP) is 4.20. The molecule has 3 aromatic carbocycles. The topological polar surface area (TPSA) is 179 Å². The van der Waals surface area contributed by atoms with Crippen LogP contribution in [0.25, 0.3) is 22.0 Å². The van der Waals surface area contributed by atoms with Gasteiger partial charge in [0.25, 0.3) is 11.8 Å². The van der Waals surface area contributed by atoms with Gasteiger partial charge >= 0.3 is 0 Å². The molecule has 3 aliphatic heterocycles. The first-order chi connectivity index (χ1) is 29.6. The zero-order valence-electron chi connectivity index (χ0n) is 33.3. The monoisotopic (exact) mass is 864 g/mol. The molecule has 1 aromatic heterocycles. The Labute approximate surface area is 354 Å². The average Bonchev–Trinajstić information content (AvgIpc) is 3.51. The van der Waals surface area contributed by atoms with Crippen molar-refractivity contribution < 1.29 is 56.4 Å². The maximum absolute atomic E-state index is 16.3. The molecule has 0 saturated carbocycles. The highest BCUT2D eigenvalue weighted by atomic mass is 35.5. The lowest BCUT2D eigenvalue weighted by Gasteiger charge is -2.35. The number of piperidine rings is 1. The first-order valence-electron chi connectivity index (χ1n) is 19.9. The molecule has 3 aliphatic rings. The van der Waals surface area contributed by atoms with Crippen LogP contribution in [0.4, 0.5) is 14.6 Å². The fourth-order valence-corrected chi connectivity index (χ4v) is 7.71. The number of imide groups is 2. The lowest BCUT2D eigenvalue weighted by atomic mass is 10.0. The molecule has 0 aliphatic carbocycles. The minimum atomic E-state index is -1.08. The molecule has 19 heteroatoms. The highest BCUT2D eigenvalue weighted by Gasteiger charge is 2.46. The van der Waals surface area contributed by atoms with E-state index < -0.39 is 41.3 Å². The molecular weight excluding hydrogens is 822 g/mol. The Morgan fingerprint density at radius 1 is 0.803 bits per heavy atom. The summed E-state index contributed by atoms with van der Waals surface area (Å²) in [7, 11) is 0. The molecule has 0 bridgehead atoms. The van der Waals surface area contributed by atoms with Crippen molar-refractivity contribution >= 4 is 57.9 Å². The molecule has 2 saturated heterocycles. The molecule has 4 heterocycles. The van der Waals surface area contributed by atoms with Crippen LogP contribution in [-0.4, -0.2) is 134 Å². The van der Waals surface area contributed by atoms with E-state index in [0.29, 0.717) is 43.8 Å². The number of carbonyl (C=O) groups is 5. The van der Waals surface area contributed by atoms with Crippen molar-refractivity contribution in [3.05, 3.63) is 76.6 Å². The zero-order valence-corrected chi connectivity index (χ0v) is 34.0. The van der Waals surface area contributed by atoms with Crippen LogP contribution in [0.1, 0.15) is 46.9 Å². The molecule has 16 nitrogen and oxygen atoms in total. The fraction of sp³-hybridized carbons (Fsp3) is 0.405. The Morgan fingerprint density at radius 3 is 2.07 bits per heavy atom. The Hall–Kier alpha value is -5.82. The van der Waals surface area contributed by atoms with Crippen LogP contribution >= 0.6 is 11.6 Å². The van der Waals surface area contributed by atoms with Crippen LogP contribution in [0.15, 0.2) is 48.8 Å². The highest BCUT2D eigenvalue weighted by Crippen LogP contribution is 2.42. The van der Waals surface area contributed by atoms with Crippen molar-refractivity contribution in [1.29, 1.82) is 0 Å². The molecule has 1 N–H and O–H groups in total. The number of hydrogen-bond donors (Lipinski definition) is 1. The Balaban J connectivity index is 0.825. The normalized spacial score (nSPS) is 16.7. The van der Waals surface area contributed by atoms with Gasteiger partial charge in [-0.1, -0.05) is 30.7 Å². The van der Waals surface area contributed by atoms with Gasteiger partial charge in [0.1, 0.15) is 54.2 Å². The molecule has 0 radical (unpaired) electrons. The van der Waals surface area contributed by atoms with Crippen molar-refractivity contribution in [3.8, 4) is 22.6 Å². The van der Waals surface area contributed by atoms with Gasteiger partial charge in [-0.2, -0.15) is 0 Å². The number of piperazine rings is 1. The maximum atomic E-state index is 16.3. The number of nitrogens with zero attached hydrogens (tertiary/aromatic N) is 5. The van der Waals surface area contributed by atoms with Crippen molar-refractivity contribution in [2.75, 3.05) is 83.9 Å². The summed E-state index contributed by atoms with van der Waals surface area (Å²) < 4.78 is 60.0. The van der Waals surface area contributed by atoms with Crippen molar-refractivity contribution in [2.45, 2.75) is 32.2 Å². The van der Waals surface area contributed by atoms with Crippen LogP contribution in [0.2, 0.25) is 5.02 Å². The Bertz CT molecular complexity index is 2330. The van der Waals surface area contributed by atoms with E-state index in [0.717, 1.165) is 4.90 Å². The van der Waals surface area contributed by atoms with E-state index in [1.54, 1.807) is 17.0 Å². The zero-order chi connectivity index (χ0) is 43.0. The van der Waals surface area contributed by atoms with E-state index in [1.165, 1.54) is 36.7 Å². The van der Waals surface area contributed by atoms with Gasteiger partial charge in [-0.25, -0.2) is 18.7 Å². The van der Waals surface area contributed by atoms with Gasteiger partial charge in [-0.15, -0.1) is 0 Å². The Morgan fingerprint density at radius 2 is 1.43 bits per heavy atom. The number of benzene rings is 3. The van der Waals surface area contributed by atoms with E-state index in [2.05, 4.69) is 15.3 Å². The number of carbonyl (C=O) groups excluding carboxylic acids is 5. The van der Waals surface area contributed by atoms with Gasteiger partial charge < -0.3 is 33.5 Å². The van der Waals surface area contributed by atoms with Gasteiger partial charge in [-0.05, 0) is 36.8 Å². The number of nitrogens with one attached hydrogen (secondary N) is 1. The van der Waals surface area contributed by atoms with Crippen LogP contribution in [0.3, 0.4) is 0 Å². The van der Waals surface area contributed by atoms with Gasteiger partial charge in [0, 0.05) is 50.0 Å². The number of rotatable bonds is 18. The quantitative estimate of drug-likeness (QED) is 0.111. The minimum Gasteiger partial charge on any atom is -0.490 e. The number of hydrogen-bond acceptors (Lipinski definition) is 13. The summed E-state index contributed by atoms with van der Waals surface area (Å²) in [6, 6.07) is 9.22. The van der Waals surface area contributed by atoms with Gasteiger partial charge in [-0.3, -0.25) is 34.2 Å². The average molecular weight is 865 g/mol. The summed E-state index contributed by atoms with van der Waals surface area (Å²) in [6.07, 6.45) is 1.74. The molecule has 1 unspecified atom stereocenters. The standard InChI is InChI=1S/C42H43ClF2N6O10/c1-2-33(53)49-11-13-50(14-12-49)39-26-23-27(43)35(37(45)38(26)46-24-47-39)36-28(44)6-4-8-31(36)61-22-20-59-18-16-57-15-17-58-19-21-60-30-7-3-5-25-34(30)42(56)51(41(25)55)29-9-10-32(52)48-40(29)54/h3-8,23-24,29H,2,9-22H2,1H3,(H,48,52,54). The summed E-state index contributed by atoms with van der Waals surface area (Å²) in [5.41, 5.74) is -0.193. The highest BCUT2D eigenvalue weighted by molar-refractivity contribution is 6.34. The van der Waals surface area contributed by atoms with Crippen molar-refractivity contribution in [1.82, 2.24) is 25.1 Å². The molecule has 4 aromatic rings. The minimum absolute atomic E-state index is 0.0184. The molecule has 322 valence electrons. The first-order valence-corrected chi connectivity index (χ1v) is 20.2. The van der Waals surface area contributed by atoms with E-state index in [-0.39, 0.29) is 116 Å². The lowest BCUT2D eigenvalue weighted by molar-refractivity contribution is -0.136. The second-order valence-corrected chi connectivity index (χ2v) is 14.5. The van der Waals surface area contributed by atoms with Gasteiger partial charge in [0.2, 0.25) is 17.7 Å². The molecular formula is C42H43ClF2N6O10. The first kappa shape index (κ1) is 43.3. The van der Waals surface area contributed by atoms with E-state index in [4.69, 9.17) is 35.3 Å². The van der Waals surface area contributed by atoms with Crippen LogP contribution in [-0.2, 0) is 28.6 Å². The number of amides is 5. The lowest BCUT2D eigenvalue weighted by Crippen LogP contribution is -2.54. The number of anilines is 1. The van der Waals surface area contributed by atoms with Gasteiger partial charge in [0.05, 0.1) is 61.4 Å². The van der Waals surface area contributed by atoms with Crippen LogP contribution in [0, 0.1) is 11.6 Å². The van der Waals surface area contributed by atoms with Crippen LogP contribution in [0.5, 0.6) is 11.5 Å². The molecule has 0 spiro atoms. The molecule has 61 heavy (non-hydrogen) atoms. The summed E-state index contributed by atoms with van der Waals surface area (Å²) >= 11 is 6.66. The smallest absolute Gasteiger partial charge is 0.266 e. The Kier molecular flexibility index (Phi) is 14.0. The summed E-state index contributed by atoms with van der Waals surface area (Å²) in [5.74, 6) is -3.19. The van der Waals surface area contributed by atoms with E-state index >= 15 is 8.78 Å². The molecule has 5 amide bonds. The fourth-order valence-electron chi connectivity index (χ4n) is 7.42. The molecule has 1 atom stereocenters. The SMILES string of the molecule is CCC(=O)N1CCN(c2ncnc3c(F)c(-c4c(F)cccc4OCCOCCOCCOCCOc4cccc5c4C(=O)N(C4CCC(=O)NC4=O)C5=O)c(Cl)cc23)CC1. The van der Waals surface area contributed by atoms with Crippen molar-refractivity contribution in [3.63, 3.8) is 0 Å². The van der Waals surface area contributed by atoms with Gasteiger partial charge in [0.15, 0.2) is 5.82 Å². The number of fused-ring (bicyclic) bond motifs is 2. The summed E-state index contributed by atoms with van der Waals surface area (Å²) in [4.78, 5) is 75.4. The van der Waals surface area contributed by atoms with E-state index in [9.17, 15) is 24.0 Å². The molecule has 7 rings (SSSR count). The second kappa shape index (κ2) is 19.7. The maximum Gasteiger partial charge on any atom is 0.266 e. The number of aromatic nitrogens is 2. The second-order valence-electron chi connectivity index (χ2n) is 14.1. The third-order valence-corrected chi connectivity index (χ3v) is 10.7. The number of ether oxygens (including phenoxy) is 5. The van der Waals surface area contributed by atoms with E-state index in [1.807, 2.05) is 11.8 Å². The summed E-state index contributed by atoms with van der Waals surface area (Å²) in [6.45, 7) is 5.14. The third kappa shape index (κ3) is 9.41. The molecule has 2 fully saturated rings. The number of halogens is 3. The predicted molar refractivity (Wildman–Crippen MR) is 216 cm³/mol. The van der Waals surface area contributed by atoms with Crippen LogP contribution < -0.4 is 19.7 Å². The van der Waals surface area contributed by atoms with Crippen molar-refractivity contribution in [2.24, 2.45) is 0 Å². The summed E-state index contributed by atoms with van der Waals surface area (Å²) in [5, 5.41) is 2.49. The largest absolute Gasteiger partial charge is 0.490 e.